The number of benzene rings is 2. The van der Waals surface area contributed by atoms with E-state index in [4.69, 9.17) is 15.6 Å². The number of piperidine rings is 1. The molecule has 38 heavy (non-hydrogen) atoms. The number of anilines is 2. The molecule has 0 spiro atoms. The number of aliphatic carboxylic acids is 1. The van der Waals surface area contributed by atoms with Crippen molar-refractivity contribution in [1.82, 2.24) is 20.2 Å². The molecule has 2 heterocycles. The van der Waals surface area contributed by atoms with Crippen molar-refractivity contribution < 1.29 is 24.2 Å². The monoisotopic (exact) mass is 518 g/mol. The first-order valence-electron chi connectivity index (χ1n) is 12.3. The lowest BCUT2D eigenvalue weighted by molar-refractivity contribution is -0.135. The van der Waals surface area contributed by atoms with Gasteiger partial charge >= 0.3 is 5.97 Å². The summed E-state index contributed by atoms with van der Waals surface area (Å²) in [4.78, 5) is 44.8. The molecule has 2 amide bonds. The van der Waals surface area contributed by atoms with Crippen molar-refractivity contribution in [3.05, 3.63) is 66.5 Å². The maximum atomic E-state index is 12.0. The number of rotatable bonds is 11. The number of nitrogens with zero attached hydrogens (tertiary/aromatic N) is 3. The quantitative estimate of drug-likeness (QED) is 0.299. The second-order valence-electron chi connectivity index (χ2n) is 8.97. The summed E-state index contributed by atoms with van der Waals surface area (Å²) in [5, 5.41) is 14.1. The standard InChI is InChI=1S/C27H30N6O5/c28-25(36)19-9-11-33(12-10-19)13-14-38-23-7-5-22(6-8-23)32-27-30-15-21(16-31-27)18-1-3-20(4-2-18)26(37)29-17-24(34)35/h1-8,15-16,19H,9-14,17H2,(H2,28,36)(H,29,37)(H,34,35)(H,30,31,32). The number of likely N-dealkylation sites (tertiary alicyclic amines) is 1. The average Bonchev–Trinajstić information content (AvgIpc) is 2.93. The lowest BCUT2D eigenvalue weighted by Gasteiger charge is -2.30. The fourth-order valence-electron chi connectivity index (χ4n) is 4.11. The third-order valence-electron chi connectivity index (χ3n) is 6.31. The minimum atomic E-state index is -1.10. The van der Waals surface area contributed by atoms with Gasteiger partial charge in [0.05, 0.1) is 0 Å². The number of primary amides is 1. The third-order valence-corrected chi connectivity index (χ3v) is 6.31. The molecule has 1 aliphatic heterocycles. The number of hydrogen-bond acceptors (Lipinski definition) is 8. The van der Waals surface area contributed by atoms with Crippen LogP contribution in [0.4, 0.5) is 11.6 Å². The summed E-state index contributed by atoms with van der Waals surface area (Å²) in [6.07, 6.45) is 4.97. The van der Waals surface area contributed by atoms with Gasteiger partial charge in [0.1, 0.15) is 18.9 Å². The van der Waals surface area contributed by atoms with E-state index in [1.807, 2.05) is 24.3 Å². The van der Waals surface area contributed by atoms with Crippen molar-refractivity contribution in [3.8, 4) is 16.9 Å². The van der Waals surface area contributed by atoms with Crippen molar-refractivity contribution in [2.75, 3.05) is 38.1 Å². The Morgan fingerprint density at radius 1 is 0.974 bits per heavy atom. The molecule has 1 fully saturated rings. The van der Waals surface area contributed by atoms with Crippen LogP contribution in [0.15, 0.2) is 60.9 Å². The largest absolute Gasteiger partial charge is 0.492 e. The number of carboxylic acids is 1. The van der Waals surface area contributed by atoms with Crippen molar-refractivity contribution in [2.45, 2.75) is 12.8 Å². The predicted molar refractivity (Wildman–Crippen MR) is 141 cm³/mol. The maximum Gasteiger partial charge on any atom is 0.322 e. The van der Waals surface area contributed by atoms with Crippen LogP contribution in [0.2, 0.25) is 0 Å². The lowest BCUT2D eigenvalue weighted by atomic mass is 9.96. The van der Waals surface area contributed by atoms with Gasteiger partial charge < -0.3 is 26.2 Å². The Labute approximate surface area is 220 Å². The first kappa shape index (κ1) is 26.6. The van der Waals surface area contributed by atoms with Crippen molar-refractivity contribution in [3.63, 3.8) is 0 Å². The van der Waals surface area contributed by atoms with Gasteiger partial charge in [-0.1, -0.05) is 12.1 Å². The highest BCUT2D eigenvalue weighted by Crippen LogP contribution is 2.22. The summed E-state index contributed by atoms with van der Waals surface area (Å²) in [6.45, 7) is 2.64. The molecule has 0 aliphatic carbocycles. The number of nitrogens with two attached hydrogens (primary N) is 1. The Morgan fingerprint density at radius 2 is 1.63 bits per heavy atom. The van der Waals surface area contributed by atoms with Gasteiger partial charge in [0.2, 0.25) is 11.9 Å². The van der Waals surface area contributed by atoms with E-state index in [0.29, 0.717) is 18.1 Å². The molecular weight excluding hydrogens is 488 g/mol. The lowest BCUT2D eigenvalue weighted by Crippen LogP contribution is -2.40. The molecule has 2 aromatic carbocycles. The van der Waals surface area contributed by atoms with E-state index in [2.05, 4.69) is 25.5 Å². The van der Waals surface area contributed by atoms with E-state index < -0.39 is 18.4 Å². The second kappa shape index (κ2) is 12.6. The Balaban J connectivity index is 1.23. The highest BCUT2D eigenvalue weighted by Gasteiger charge is 2.22. The van der Waals surface area contributed by atoms with Crippen LogP contribution >= 0.6 is 0 Å². The Morgan fingerprint density at radius 3 is 2.24 bits per heavy atom. The van der Waals surface area contributed by atoms with E-state index >= 15 is 0 Å². The van der Waals surface area contributed by atoms with Crippen LogP contribution in [0.25, 0.3) is 11.1 Å². The van der Waals surface area contributed by atoms with E-state index in [9.17, 15) is 14.4 Å². The molecule has 0 atom stereocenters. The summed E-state index contributed by atoms with van der Waals surface area (Å²) < 4.78 is 5.86. The zero-order valence-electron chi connectivity index (χ0n) is 20.8. The van der Waals surface area contributed by atoms with Gasteiger partial charge in [0.25, 0.3) is 5.91 Å². The smallest absolute Gasteiger partial charge is 0.322 e. The van der Waals surface area contributed by atoms with Crippen LogP contribution < -0.4 is 21.1 Å². The van der Waals surface area contributed by atoms with Crippen LogP contribution in [-0.4, -0.2) is 70.5 Å². The van der Waals surface area contributed by atoms with Crippen molar-refractivity contribution in [2.24, 2.45) is 11.7 Å². The average molecular weight is 519 g/mol. The summed E-state index contributed by atoms with van der Waals surface area (Å²) >= 11 is 0. The minimum absolute atomic E-state index is 0.00764. The second-order valence-corrected chi connectivity index (χ2v) is 8.97. The molecule has 0 radical (unpaired) electrons. The summed E-state index contributed by atoms with van der Waals surface area (Å²) in [5.41, 5.74) is 8.17. The van der Waals surface area contributed by atoms with Crippen LogP contribution in [0.1, 0.15) is 23.2 Å². The number of aromatic nitrogens is 2. The molecule has 3 aromatic rings. The maximum absolute atomic E-state index is 12.0. The van der Waals surface area contributed by atoms with Gasteiger partial charge in [0, 0.05) is 41.7 Å². The number of amides is 2. The van der Waals surface area contributed by atoms with Crippen LogP contribution in [0.5, 0.6) is 5.75 Å². The third kappa shape index (κ3) is 7.50. The van der Waals surface area contributed by atoms with Crippen LogP contribution in [-0.2, 0) is 9.59 Å². The Bertz CT molecular complexity index is 1240. The number of carbonyl (C=O) groups excluding carboxylic acids is 2. The van der Waals surface area contributed by atoms with Gasteiger partial charge in [-0.25, -0.2) is 9.97 Å². The SMILES string of the molecule is NC(=O)C1CCN(CCOc2ccc(Nc3ncc(-c4ccc(C(=O)NCC(=O)O)cc4)cn3)cc2)CC1. The molecule has 11 nitrogen and oxygen atoms in total. The first-order chi connectivity index (χ1) is 18.4. The number of carboxylic acid groups (broad SMARTS) is 1. The topological polar surface area (TPSA) is 160 Å². The van der Waals surface area contributed by atoms with Gasteiger partial charge in [-0.3, -0.25) is 19.3 Å². The molecular formula is C27H30N6O5. The molecule has 5 N–H and O–H groups in total. The normalized spacial score (nSPS) is 14.0. The van der Waals surface area contributed by atoms with Gasteiger partial charge in [-0.2, -0.15) is 0 Å². The first-order valence-corrected chi connectivity index (χ1v) is 12.3. The summed E-state index contributed by atoms with van der Waals surface area (Å²) in [7, 11) is 0. The Kier molecular flexibility index (Phi) is 8.83. The van der Waals surface area contributed by atoms with Crippen LogP contribution in [0, 0.1) is 5.92 Å². The summed E-state index contributed by atoms with van der Waals surface area (Å²) in [5.74, 6) is -0.563. The molecule has 198 valence electrons. The summed E-state index contributed by atoms with van der Waals surface area (Å²) in [6, 6.07) is 14.3. The fraction of sp³-hybridized carbons (Fsp3) is 0.296. The number of carbonyl (C=O) groups is 3. The molecule has 0 saturated carbocycles. The zero-order valence-corrected chi connectivity index (χ0v) is 20.8. The number of nitrogens with one attached hydrogen (secondary N) is 2. The predicted octanol–water partition coefficient (Wildman–Crippen LogP) is 2.28. The highest BCUT2D eigenvalue weighted by molar-refractivity contribution is 5.96. The molecule has 0 unspecified atom stereocenters. The van der Waals surface area contributed by atoms with E-state index in [0.717, 1.165) is 55.0 Å². The Hall–Kier alpha value is -4.51. The molecule has 0 bridgehead atoms. The highest BCUT2D eigenvalue weighted by atomic mass is 16.5. The fourth-order valence-corrected chi connectivity index (χ4v) is 4.11. The van der Waals surface area contributed by atoms with Crippen molar-refractivity contribution >= 4 is 29.4 Å². The van der Waals surface area contributed by atoms with Gasteiger partial charge in [-0.15, -0.1) is 0 Å². The van der Waals surface area contributed by atoms with E-state index in [-0.39, 0.29) is 11.8 Å². The van der Waals surface area contributed by atoms with Crippen LogP contribution in [0.3, 0.4) is 0 Å². The molecule has 1 aromatic heterocycles. The zero-order chi connectivity index (χ0) is 26.9. The van der Waals surface area contributed by atoms with E-state index in [1.54, 1.807) is 36.7 Å². The van der Waals surface area contributed by atoms with Gasteiger partial charge in [0.15, 0.2) is 0 Å². The van der Waals surface area contributed by atoms with E-state index in [1.165, 1.54) is 0 Å². The number of hydrogen-bond donors (Lipinski definition) is 4. The molecule has 4 rings (SSSR count). The molecule has 1 saturated heterocycles. The molecule has 11 heteroatoms. The minimum Gasteiger partial charge on any atom is -0.492 e. The molecule has 1 aliphatic rings. The number of ether oxygens (including phenoxy) is 1. The van der Waals surface area contributed by atoms with Gasteiger partial charge in [-0.05, 0) is 67.9 Å². The van der Waals surface area contributed by atoms with Crippen molar-refractivity contribution in [1.29, 1.82) is 0 Å².